The second-order valence-electron chi connectivity index (χ2n) is 4.15. The van der Waals surface area contributed by atoms with Crippen LogP contribution in [0.5, 0.6) is 0 Å². The number of nitrogens with two attached hydrogens (primary N) is 1. The second-order valence-corrected chi connectivity index (χ2v) is 5.13. The fourth-order valence-corrected chi connectivity index (χ4v) is 2.22. The van der Waals surface area contributed by atoms with Crippen molar-refractivity contribution in [1.29, 1.82) is 0 Å². The molecule has 0 aromatic rings. The van der Waals surface area contributed by atoms with Crippen LogP contribution in [0.25, 0.3) is 0 Å². The van der Waals surface area contributed by atoms with Gasteiger partial charge in [-0.05, 0) is 24.9 Å². The molecule has 1 heterocycles. The molecule has 2 N–H and O–H groups in total. The Bertz CT molecular complexity index is 331. The number of amides is 1. The lowest BCUT2D eigenvalue weighted by Crippen LogP contribution is -2.46. The van der Waals surface area contributed by atoms with Crippen molar-refractivity contribution in [1.82, 2.24) is 4.90 Å². The van der Waals surface area contributed by atoms with Gasteiger partial charge in [0.15, 0.2) is 0 Å². The van der Waals surface area contributed by atoms with Crippen molar-refractivity contribution in [2.24, 2.45) is 5.73 Å². The summed E-state index contributed by atoms with van der Waals surface area (Å²) in [5, 5.41) is 0. The molecule has 0 aromatic heterocycles. The average Bonchev–Trinajstić information content (AvgIpc) is 2.34. The molecule has 0 radical (unpaired) electrons. The van der Waals surface area contributed by atoms with Crippen LogP contribution in [0.2, 0.25) is 0 Å². The van der Waals surface area contributed by atoms with Crippen molar-refractivity contribution in [2.45, 2.75) is 25.1 Å². The molecule has 0 unspecified atom stereocenters. The number of thioether (sulfide) groups is 1. The molecular formula is C11H17F3N2OS. The van der Waals surface area contributed by atoms with E-state index in [4.69, 9.17) is 5.73 Å². The maximum atomic E-state index is 12.4. The van der Waals surface area contributed by atoms with Gasteiger partial charge in [-0.25, -0.2) is 0 Å². The normalized spacial score (nSPS) is 18.5. The minimum atomic E-state index is -4.28. The average molecular weight is 282 g/mol. The summed E-state index contributed by atoms with van der Waals surface area (Å²) >= 11 is 1.59. The van der Waals surface area contributed by atoms with Gasteiger partial charge in [-0.3, -0.25) is 4.79 Å². The molecule has 3 nitrogen and oxygen atoms in total. The van der Waals surface area contributed by atoms with E-state index in [0.717, 1.165) is 11.8 Å². The zero-order valence-electron chi connectivity index (χ0n) is 10.2. The van der Waals surface area contributed by atoms with Gasteiger partial charge < -0.3 is 10.6 Å². The molecule has 0 aromatic carbocycles. The molecule has 7 heteroatoms. The van der Waals surface area contributed by atoms with Crippen LogP contribution in [0.15, 0.2) is 11.6 Å². The molecule has 0 saturated carbocycles. The van der Waals surface area contributed by atoms with E-state index >= 15 is 0 Å². The monoisotopic (exact) mass is 282 g/mol. The summed E-state index contributed by atoms with van der Waals surface area (Å²) in [7, 11) is 0. The van der Waals surface area contributed by atoms with E-state index in [1.54, 1.807) is 11.8 Å². The summed E-state index contributed by atoms with van der Waals surface area (Å²) in [6, 6.07) is -0.613. The lowest BCUT2D eigenvalue weighted by Gasteiger charge is -2.29. The van der Waals surface area contributed by atoms with Gasteiger partial charge in [0.2, 0.25) is 5.91 Å². The van der Waals surface area contributed by atoms with E-state index in [-0.39, 0.29) is 25.4 Å². The number of hydrogen-bond acceptors (Lipinski definition) is 3. The van der Waals surface area contributed by atoms with Gasteiger partial charge in [0, 0.05) is 18.7 Å². The van der Waals surface area contributed by atoms with Gasteiger partial charge in [-0.2, -0.15) is 24.9 Å². The van der Waals surface area contributed by atoms with Crippen LogP contribution in [-0.2, 0) is 4.79 Å². The zero-order valence-corrected chi connectivity index (χ0v) is 11.0. The molecular weight excluding hydrogens is 265 g/mol. The number of nitrogens with zero attached hydrogens (tertiary/aromatic N) is 1. The van der Waals surface area contributed by atoms with Crippen molar-refractivity contribution >= 4 is 17.7 Å². The highest BCUT2D eigenvalue weighted by Gasteiger charge is 2.35. The van der Waals surface area contributed by atoms with E-state index in [1.165, 1.54) is 4.90 Å². The molecule has 0 saturated heterocycles. The smallest absolute Gasteiger partial charge is 0.337 e. The van der Waals surface area contributed by atoms with Crippen molar-refractivity contribution in [3.8, 4) is 0 Å². The molecule has 1 aliphatic heterocycles. The molecule has 0 bridgehead atoms. The van der Waals surface area contributed by atoms with Gasteiger partial charge >= 0.3 is 6.18 Å². The van der Waals surface area contributed by atoms with Crippen molar-refractivity contribution in [3.63, 3.8) is 0 Å². The molecule has 0 aliphatic carbocycles. The fourth-order valence-electron chi connectivity index (χ4n) is 1.73. The predicted molar refractivity (Wildman–Crippen MR) is 66.3 cm³/mol. The Balaban J connectivity index is 2.52. The molecule has 0 fully saturated rings. The van der Waals surface area contributed by atoms with Crippen LogP contribution in [-0.4, -0.2) is 48.1 Å². The summed E-state index contributed by atoms with van der Waals surface area (Å²) in [5.41, 5.74) is 5.16. The number of carbonyl (C=O) groups excluding carboxylic acids is 1. The van der Waals surface area contributed by atoms with E-state index in [9.17, 15) is 18.0 Å². The summed E-state index contributed by atoms with van der Waals surface area (Å²) in [4.78, 5) is 13.2. The van der Waals surface area contributed by atoms with Crippen LogP contribution in [0.4, 0.5) is 13.2 Å². The number of carbonyl (C=O) groups is 1. The van der Waals surface area contributed by atoms with Gasteiger partial charge in [0.1, 0.15) is 0 Å². The molecule has 18 heavy (non-hydrogen) atoms. The molecule has 104 valence electrons. The van der Waals surface area contributed by atoms with Crippen molar-refractivity contribution < 1.29 is 18.0 Å². The lowest BCUT2D eigenvalue weighted by molar-refractivity contribution is -0.133. The molecule has 1 atom stereocenters. The Labute approximate surface area is 109 Å². The molecule has 1 amide bonds. The molecule has 0 spiro atoms. The highest BCUT2D eigenvalue weighted by atomic mass is 32.2. The minimum Gasteiger partial charge on any atom is -0.337 e. The summed E-state index contributed by atoms with van der Waals surface area (Å²) in [5.74, 6) is 0.506. The predicted octanol–water partition coefficient (Wildman–Crippen LogP) is 1.79. The van der Waals surface area contributed by atoms with Crippen molar-refractivity contribution in [3.05, 3.63) is 11.6 Å². The quantitative estimate of drug-likeness (QED) is 0.800. The minimum absolute atomic E-state index is 0.000639. The first kappa shape index (κ1) is 15.4. The third-order valence-corrected chi connectivity index (χ3v) is 3.48. The van der Waals surface area contributed by atoms with E-state index in [0.29, 0.717) is 6.42 Å². The van der Waals surface area contributed by atoms with Crippen LogP contribution >= 0.6 is 11.8 Å². The van der Waals surface area contributed by atoms with Gasteiger partial charge in [-0.15, -0.1) is 0 Å². The molecule has 1 rings (SSSR count). The Kier molecular flexibility index (Phi) is 5.52. The zero-order chi connectivity index (χ0) is 13.8. The van der Waals surface area contributed by atoms with Crippen LogP contribution in [0, 0.1) is 0 Å². The Morgan fingerprint density at radius 3 is 2.72 bits per heavy atom. The van der Waals surface area contributed by atoms with Crippen LogP contribution in [0.1, 0.15) is 12.8 Å². The third kappa shape index (κ3) is 4.20. The van der Waals surface area contributed by atoms with E-state index < -0.39 is 17.8 Å². The van der Waals surface area contributed by atoms with Gasteiger partial charge in [-0.1, -0.05) is 6.08 Å². The first-order chi connectivity index (χ1) is 8.36. The van der Waals surface area contributed by atoms with Crippen LogP contribution in [0.3, 0.4) is 0 Å². The van der Waals surface area contributed by atoms with E-state index in [1.807, 2.05) is 6.26 Å². The number of hydrogen-bond donors (Lipinski definition) is 1. The fraction of sp³-hybridized carbons (Fsp3) is 0.727. The summed E-state index contributed by atoms with van der Waals surface area (Å²) < 4.78 is 37.2. The Hall–Kier alpha value is -0.690. The summed E-state index contributed by atoms with van der Waals surface area (Å²) in [6.45, 7) is 0.0950. The number of rotatable bonds is 4. The first-order valence-corrected chi connectivity index (χ1v) is 7.05. The van der Waals surface area contributed by atoms with E-state index in [2.05, 4.69) is 0 Å². The van der Waals surface area contributed by atoms with Crippen LogP contribution < -0.4 is 5.73 Å². The maximum Gasteiger partial charge on any atom is 0.412 e. The Morgan fingerprint density at radius 2 is 2.28 bits per heavy atom. The topological polar surface area (TPSA) is 46.3 Å². The number of halogens is 3. The van der Waals surface area contributed by atoms with Gasteiger partial charge in [0.05, 0.1) is 6.04 Å². The SMILES string of the molecule is CSCC[C@H](N)C(=O)N1CC=C(C(F)(F)F)CC1. The summed E-state index contributed by atoms with van der Waals surface area (Å²) in [6.07, 6.45) is -0.897. The largest absolute Gasteiger partial charge is 0.412 e. The highest BCUT2D eigenvalue weighted by molar-refractivity contribution is 7.98. The third-order valence-electron chi connectivity index (χ3n) is 2.84. The second kappa shape index (κ2) is 6.47. The standard InChI is InChI=1S/C11H17F3N2OS/c1-18-7-4-9(15)10(17)16-5-2-8(3-6-16)11(12,13)14/h2,9H,3-7,15H2,1H3/t9-/m0/s1. The molecule has 1 aliphatic rings. The van der Waals surface area contributed by atoms with Gasteiger partial charge in [0.25, 0.3) is 0 Å². The number of alkyl halides is 3. The Morgan fingerprint density at radius 1 is 1.61 bits per heavy atom. The maximum absolute atomic E-state index is 12.4. The highest BCUT2D eigenvalue weighted by Crippen LogP contribution is 2.30. The lowest BCUT2D eigenvalue weighted by atomic mass is 10.1. The van der Waals surface area contributed by atoms with Crippen molar-refractivity contribution in [2.75, 3.05) is 25.1 Å². The first-order valence-electron chi connectivity index (χ1n) is 5.65.